The second kappa shape index (κ2) is 3.26. The van der Waals surface area contributed by atoms with Gasteiger partial charge in [0, 0.05) is 11.9 Å². The van der Waals surface area contributed by atoms with Crippen molar-refractivity contribution >= 4 is 5.57 Å². The molecular weight excluding hydrogens is 194 g/mol. The van der Waals surface area contributed by atoms with Crippen LogP contribution >= 0.6 is 0 Å². The molecule has 0 atom stereocenters. The fraction of sp³-hybridized carbons (Fsp3) is 0.600. The molecule has 1 N–H and O–H groups in total. The molecule has 0 aliphatic heterocycles. The largest absolute Gasteiger partial charge is 0.361 e. The van der Waals surface area contributed by atoms with Crippen molar-refractivity contribution in [2.75, 3.05) is 0 Å². The summed E-state index contributed by atoms with van der Waals surface area (Å²) < 4.78 is 0. The van der Waals surface area contributed by atoms with E-state index in [-0.39, 0.29) is 10.8 Å². The van der Waals surface area contributed by atoms with E-state index in [9.17, 15) is 0 Å². The third kappa shape index (κ3) is 1.73. The first-order valence-electron chi connectivity index (χ1n) is 6.12. The molecule has 88 valence electrons. The molecule has 1 aliphatic rings. The molecule has 0 aromatic carbocycles. The second-order valence-corrected chi connectivity index (χ2v) is 6.91. The first kappa shape index (κ1) is 11.5. The van der Waals surface area contributed by atoms with Crippen LogP contribution in [-0.4, -0.2) is 4.98 Å². The van der Waals surface area contributed by atoms with Crippen LogP contribution in [0.1, 0.15) is 52.8 Å². The molecule has 16 heavy (non-hydrogen) atoms. The number of nitrogens with one attached hydrogen (secondary N) is 1. The van der Waals surface area contributed by atoms with Crippen molar-refractivity contribution in [2.45, 2.75) is 48.0 Å². The van der Waals surface area contributed by atoms with Crippen LogP contribution in [0.25, 0.3) is 5.57 Å². The second-order valence-electron chi connectivity index (χ2n) is 6.91. The lowest BCUT2D eigenvalue weighted by atomic mass is 9.76. The monoisotopic (exact) mass is 217 g/mol. The Morgan fingerprint density at radius 2 is 1.62 bits per heavy atom. The van der Waals surface area contributed by atoms with E-state index in [0.717, 1.165) is 6.42 Å². The number of allylic oxidation sites excluding steroid dienone is 2. The van der Waals surface area contributed by atoms with Crippen LogP contribution in [0.2, 0.25) is 0 Å². The molecule has 0 unspecified atom stereocenters. The van der Waals surface area contributed by atoms with Crippen LogP contribution in [0, 0.1) is 10.8 Å². The minimum Gasteiger partial charge on any atom is -0.361 e. The summed E-state index contributed by atoms with van der Waals surface area (Å²) >= 11 is 0. The molecule has 1 aliphatic carbocycles. The normalized spacial score (nSPS) is 16.9. The van der Waals surface area contributed by atoms with Crippen LogP contribution in [0.15, 0.2) is 17.8 Å². The van der Waals surface area contributed by atoms with Crippen molar-refractivity contribution < 1.29 is 0 Å². The SMILES string of the molecule is CC(C)(C)C1=C(C(C)(C)C)c2[nH]ccc2C1. The van der Waals surface area contributed by atoms with E-state index in [4.69, 9.17) is 0 Å². The lowest BCUT2D eigenvalue weighted by Gasteiger charge is -2.29. The van der Waals surface area contributed by atoms with E-state index in [2.05, 4.69) is 58.8 Å². The van der Waals surface area contributed by atoms with Crippen molar-refractivity contribution in [3.05, 3.63) is 29.1 Å². The van der Waals surface area contributed by atoms with Crippen molar-refractivity contribution in [1.82, 2.24) is 4.98 Å². The Hall–Kier alpha value is -0.980. The summed E-state index contributed by atoms with van der Waals surface area (Å²) in [7, 11) is 0. The summed E-state index contributed by atoms with van der Waals surface area (Å²) in [5, 5.41) is 0. The van der Waals surface area contributed by atoms with Crippen molar-refractivity contribution in [3.63, 3.8) is 0 Å². The predicted molar refractivity (Wildman–Crippen MR) is 70.3 cm³/mol. The highest BCUT2D eigenvalue weighted by Gasteiger charge is 2.35. The van der Waals surface area contributed by atoms with Gasteiger partial charge in [0.15, 0.2) is 0 Å². The van der Waals surface area contributed by atoms with Crippen molar-refractivity contribution in [3.8, 4) is 0 Å². The molecule has 0 bridgehead atoms. The maximum atomic E-state index is 3.42. The van der Waals surface area contributed by atoms with E-state index in [0.29, 0.717) is 0 Å². The highest BCUT2D eigenvalue weighted by atomic mass is 14.7. The van der Waals surface area contributed by atoms with Gasteiger partial charge in [0.1, 0.15) is 0 Å². The third-order valence-corrected chi connectivity index (χ3v) is 3.41. The molecule has 0 fully saturated rings. The third-order valence-electron chi connectivity index (χ3n) is 3.41. The van der Waals surface area contributed by atoms with Gasteiger partial charge in [0.2, 0.25) is 0 Å². The van der Waals surface area contributed by atoms with E-state index in [1.165, 1.54) is 16.8 Å². The van der Waals surface area contributed by atoms with Gasteiger partial charge in [-0.3, -0.25) is 0 Å². The summed E-state index contributed by atoms with van der Waals surface area (Å²) in [4.78, 5) is 3.42. The Bertz CT molecular complexity index is 433. The lowest BCUT2D eigenvalue weighted by Crippen LogP contribution is -2.16. The van der Waals surface area contributed by atoms with E-state index in [1.807, 2.05) is 0 Å². The van der Waals surface area contributed by atoms with Crippen molar-refractivity contribution in [2.24, 2.45) is 10.8 Å². The Morgan fingerprint density at radius 1 is 1.00 bits per heavy atom. The molecule has 1 heteroatoms. The van der Waals surface area contributed by atoms with Gasteiger partial charge in [0.25, 0.3) is 0 Å². The minimum atomic E-state index is 0.221. The number of hydrogen-bond acceptors (Lipinski definition) is 0. The first-order valence-corrected chi connectivity index (χ1v) is 6.12. The van der Waals surface area contributed by atoms with Gasteiger partial charge in [-0.05, 0) is 34.5 Å². The zero-order valence-electron chi connectivity index (χ0n) is 11.4. The molecule has 0 radical (unpaired) electrons. The molecule has 0 amide bonds. The maximum absolute atomic E-state index is 3.42. The van der Waals surface area contributed by atoms with Gasteiger partial charge in [-0.2, -0.15) is 0 Å². The quantitative estimate of drug-likeness (QED) is 0.662. The Balaban J connectivity index is 2.61. The van der Waals surface area contributed by atoms with Crippen molar-refractivity contribution in [1.29, 1.82) is 0 Å². The predicted octanol–water partition coefficient (Wildman–Crippen LogP) is 4.42. The summed E-state index contributed by atoms with van der Waals surface area (Å²) in [6.07, 6.45) is 3.19. The summed E-state index contributed by atoms with van der Waals surface area (Å²) in [5.74, 6) is 0. The van der Waals surface area contributed by atoms with Gasteiger partial charge in [0.05, 0.1) is 0 Å². The van der Waals surface area contributed by atoms with Gasteiger partial charge >= 0.3 is 0 Å². The Labute approximate surface area is 99.0 Å². The van der Waals surface area contributed by atoms with Crippen LogP contribution < -0.4 is 0 Å². The molecule has 0 saturated heterocycles. The molecule has 0 saturated carbocycles. The summed E-state index contributed by atoms with van der Waals surface area (Å²) in [6.45, 7) is 13.9. The van der Waals surface area contributed by atoms with E-state index in [1.54, 1.807) is 5.57 Å². The summed E-state index contributed by atoms with van der Waals surface area (Å²) in [6, 6.07) is 2.22. The first-order chi connectivity index (χ1) is 7.21. The highest BCUT2D eigenvalue weighted by molar-refractivity contribution is 5.78. The molecule has 0 spiro atoms. The van der Waals surface area contributed by atoms with Gasteiger partial charge in [-0.1, -0.05) is 47.1 Å². The van der Waals surface area contributed by atoms with E-state index >= 15 is 0 Å². The molecule has 1 heterocycles. The maximum Gasteiger partial charge on any atom is 0.0453 e. The number of aromatic nitrogens is 1. The molecule has 2 rings (SSSR count). The van der Waals surface area contributed by atoms with Gasteiger partial charge in [-0.15, -0.1) is 0 Å². The Morgan fingerprint density at radius 3 is 2.12 bits per heavy atom. The standard InChI is InChI=1S/C15H23N/c1-14(2,3)11-9-10-7-8-16-13(10)12(11)15(4,5)6/h7-8,16H,9H2,1-6H3. The lowest BCUT2D eigenvalue weighted by molar-refractivity contribution is 0.478. The van der Waals surface area contributed by atoms with Crippen LogP contribution in [-0.2, 0) is 6.42 Å². The zero-order valence-corrected chi connectivity index (χ0v) is 11.4. The molecule has 1 aromatic heterocycles. The molecule has 1 aromatic rings. The molecule has 1 nitrogen and oxygen atoms in total. The number of rotatable bonds is 0. The average Bonchev–Trinajstić information content (AvgIpc) is 2.53. The van der Waals surface area contributed by atoms with Crippen LogP contribution in [0.5, 0.6) is 0 Å². The number of H-pyrrole nitrogens is 1. The number of hydrogen-bond donors (Lipinski definition) is 1. The zero-order chi connectivity index (χ0) is 12.1. The minimum absolute atomic E-state index is 0.221. The average molecular weight is 217 g/mol. The smallest absolute Gasteiger partial charge is 0.0453 e. The molecular formula is C15H23N. The highest BCUT2D eigenvalue weighted by Crippen LogP contribution is 2.48. The summed E-state index contributed by atoms with van der Waals surface area (Å²) in [5.41, 5.74) is 6.45. The fourth-order valence-electron chi connectivity index (χ4n) is 2.68. The fourth-order valence-corrected chi connectivity index (χ4v) is 2.68. The van der Waals surface area contributed by atoms with Gasteiger partial charge in [-0.25, -0.2) is 0 Å². The van der Waals surface area contributed by atoms with Crippen LogP contribution in [0.3, 0.4) is 0 Å². The van der Waals surface area contributed by atoms with Gasteiger partial charge < -0.3 is 4.98 Å². The van der Waals surface area contributed by atoms with Crippen LogP contribution in [0.4, 0.5) is 0 Å². The number of aromatic amines is 1. The topological polar surface area (TPSA) is 15.8 Å². The Kier molecular flexibility index (Phi) is 2.34. The van der Waals surface area contributed by atoms with E-state index < -0.39 is 0 Å². The number of fused-ring (bicyclic) bond motifs is 1.